The van der Waals surface area contributed by atoms with Crippen molar-refractivity contribution in [3.63, 3.8) is 0 Å². The van der Waals surface area contributed by atoms with E-state index in [1.165, 1.54) is 17.7 Å². The molecule has 122 valence electrons. The summed E-state index contributed by atoms with van der Waals surface area (Å²) in [5.41, 5.74) is 1.61. The van der Waals surface area contributed by atoms with Crippen molar-refractivity contribution in [1.82, 2.24) is 0 Å². The molecule has 1 aromatic rings. The summed E-state index contributed by atoms with van der Waals surface area (Å²) < 4.78 is 39.8. The third-order valence-electron chi connectivity index (χ3n) is 2.69. The Balaban J connectivity index is 2.49. The largest absolute Gasteiger partial charge is 0.573 e. The van der Waals surface area contributed by atoms with Crippen LogP contribution in [0, 0.1) is 0 Å². The third-order valence-corrected chi connectivity index (χ3v) is 2.69. The summed E-state index contributed by atoms with van der Waals surface area (Å²) in [4.78, 5) is 12.8. The number of ether oxygens (including phenoxy) is 1. The molecule has 0 saturated heterocycles. The van der Waals surface area contributed by atoms with Crippen LogP contribution < -0.4 is 15.0 Å². The van der Waals surface area contributed by atoms with E-state index in [9.17, 15) is 18.0 Å². The van der Waals surface area contributed by atoms with Gasteiger partial charge in [-0.2, -0.15) is 0 Å². The molecule has 0 fully saturated rings. The van der Waals surface area contributed by atoms with Crippen LogP contribution in [0.1, 0.15) is 13.8 Å². The summed E-state index contributed by atoms with van der Waals surface area (Å²) >= 11 is 0. The van der Waals surface area contributed by atoms with Crippen LogP contribution >= 0.6 is 0 Å². The van der Waals surface area contributed by atoms with Crippen LogP contribution in [-0.2, 0) is 4.79 Å². The molecule has 1 aromatic carbocycles. The number of rotatable bonds is 6. The highest BCUT2D eigenvalue weighted by molar-refractivity contribution is 5.91. The summed E-state index contributed by atoms with van der Waals surface area (Å²) in [5, 5.41) is 2.63. The van der Waals surface area contributed by atoms with Gasteiger partial charge in [0.2, 0.25) is 0 Å². The first kappa shape index (κ1) is 18.0. The average Bonchev–Trinajstić information content (AvgIpc) is 2.37. The summed E-state index contributed by atoms with van der Waals surface area (Å²) in [6.45, 7) is 4.97. The average molecular weight is 317 g/mol. The lowest BCUT2D eigenvalue weighted by atomic mass is 10.3. The molecule has 4 nitrogen and oxygen atoms in total. The molecule has 0 aromatic heterocycles. The lowest BCUT2D eigenvalue weighted by Gasteiger charge is -2.13. The molecule has 22 heavy (non-hydrogen) atoms. The minimum Gasteiger partial charge on any atom is -0.406 e. The van der Waals surface area contributed by atoms with E-state index in [4.69, 9.17) is 0 Å². The topological polar surface area (TPSA) is 42.8 Å². The van der Waals surface area contributed by atoms with Gasteiger partial charge in [0.1, 0.15) is 5.75 Å². The zero-order valence-electron chi connectivity index (χ0n) is 12.8. The molecule has 2 N–H and O–H groups in total. The fourth-order valence-corrected chi connectivity index (χ4v) is 1.67. The van der Waals surface area contributed by atoms with Gasteiger partial charge in [-0.1, -0.05) is 5.57 Å². The normalized spacial score (nSPS) is 12.5. The zero-order valence-corrected chi connectivity index (χ0v) is 12.8. The standard InChI is InChI=1S/C15H19F3N2O2/c1-11(2)8-9-20(3)10-14(21)19-12-4-6-13(7-5-12)22-15(16,17)18/h4-8H,9-10H2,1-3H3,(H,19,21)/p+1. The summed E-state index contributed by atoms with van der Waals surface area (Å²) in [5.74, 6) is -0.527. The van der Waals surface area contributed by atoms with Gasteiger partial charge in [-0.3, -0.25) is 4.79 Å². The Bertz CT molecular complexity index is 521. The number of allylic oxidation sites excluding steroid dienone is 1. The third kappa shape index (κ3) is 7.68. The number of alkyl halides is 3. The number of quaternary nitrogens is 1. The van der Waals surface area contributed by atoms with Crippen LogP contribution in [0.25, 0.3) is 0 Å². The van der Waals surface area contributed by atoms with E-state index < -0.39 is 6.36 Å². The number of nitrogens with one attached hydrogen (secondary N) is 2. The number of benzene rings is 1. The first-order valence-corrected chi connectivity index (χ1v) is 6.76. The Hall–Kier alpha value is -2.02. The number of carbonyl (C=O) groups excluding carboxylic acids is 1. The predicted octanol–water partition coefficient (Wildman–Crippen LogP) is 2.00. The molecule has 0 aliphatic carbocycles. The number of hydrogen-bond donors (Lipinski definition) is 2. The molecule has 0 saturated carbocycles. The Morgan fingerprint density at radius 3 is 2.36 bits per heavy atom. The minimum absolute atomic E-state index is 0.204. The molecule has 0 bridgehead atoms. The zero-order chi connectivity index (χ0) is 16.8. The van der Waals surface area contributed by atoms with Crippen molar-refractivity contribution < 1.29 is 27.6 Å². The molecule has 0 spiro atoms. The van der Waals surface area contributed by atoms with Crippen LogP contribution in [0.4, 0.5) is 18.9 Å². The lowest BCUT2D eigenvalue weighted by molar-refractivity contribution is -0.864. The molecule has 1 unspecified atom stereocenters. The second-order valence-electron chi connectivity index (χ2n) is 5.24. The highest BCUT2D eigenvalue weighted by atomic mass is 19.4. The maximum Gasteiger partial charge on any atom is 0.573 e. The van der Waals surface area contributed by atoms with Crippen molar-refractivity contribution in [3.05, 3.63) is 35.9 Å². The fraction of sp³-hybridized carbons (Fsp3) is 0.400. The monoisotopic (exact) mass is 317 g/mol. The van der Waals surface area contributed by atoms with Crippen molar-refractivity contribution >= 4 is 11.6 Å². The number of anilines is 1. The maximum absolute atomic E-state index is 12.0. The summed E-state index contributed by atoms with van der Waals surface area (Å²) in [7, 11) is 1.89. The van der Waals surface area contributed by atoms with Crippen molar-refractivity contribution in [3.8, 4) is 5.75 Å². The first-order chi connectivity index (χ1) is 10.2. The highest BCUT2D eigenvalue weighted by Gasteiger charge is 2.30. The molecule has 0 aliphatic rings. The number of likely N-dealkylation sites (N-methyl/N-ethyl adjacent to an activating group) is 1. The molecular formula is C15H20F3N2O2+. The van der Waals surface area contributed by atoms with Gasteiger partial charge in [-0.15, -0.1) is 13.2 Å². The minimum atomic E-state index is -4.72. The Kier molecular flexibility index (Phi) is 6.42. The van der Waals surface area contributed by atoms with E-state index in [0.717, 1.165) is 23.6 Å². The highest BCUT2D eigenvalue weighted by Crippen LogP contribution is 2.23. The van der Waals surface area contributed by atoms with Gasteiger partial charge in [0.15, 0.2) is 6.54 Å². The molecule has 0 radical (unpaired) electrons. The molecule has 1 rings (SSSR count). The number of hydrogen-bond acceptors (Lipinski definition) is 2. The van der Waals surface area contributed by atoms with E-state index in [2.05, 4.69) is 10.1 Å². The molecular weight excluding hydrogens is 297 g/mol. The number of amides is 1. The first-order valence-electron chi connectivity index (χ1n) is 6.76. The van der Waals surface area contributed by atoms with Gasteiger partial charge in [-0.25, -0.2) is 0 Å². The SMILES string of the molecule is CC(C)=CC[NH+](C)CC(=O)Nc1ccc(OC(F)(F)F)cc1. The maximum atomic E-state index is 12.0. The van der Waals surface area contributed by atoms with Crippen LogP contribution in [0.5, 0.6) is 5.75 Å². The summed E-state index contributed by atoms with van der Waals surface area (Å²) in [6.07, 6.45) is -2.69. The van der Waals surface area contributed by atoms with E-state index in [1.54, 1.807) is 0 Å². The second kappa shape index (κ2) is 7.84. The van der Waals surface area contributed by atoms with E-state index in [1.807, 2.05) is 27.0 Å². The molecule has 1 amide bonds. The van der Waals surface area contributed by atoms with E-state index in [0.29, 0.717) is 5.69 Å². The Labute approximate surface area is 127 Å². The molecule has 0 heterocycles. The smallest absolute Gasteiger partial charge is 0.406 e. The molecule has 7 heteroatoms. The van der Waals surface area contributed by atoms with E-state index >= 15 is 0 Å². The number of carbonyl (C=O) groups is 1. The van der Waals surface area contributed by atoms with Crippen LogP contribution in [0.3, 0.4) is 0 Å². The van der Waals surface area contributed by atoms with Gasteiger partial charge in [0, 0.05) is 5.69 Å². The van der Waals surface area contributed by atoms with E-state index in [-0.39, 0.29) is 18.2 Å². The lowest BCUT2D eigenvalue weighted by Crippen LogP contribution is -3.09. The van der Waals surface area contributed by atoms with Crippen molar-refractivity contribution in [2.75, 3.05) is 25.5 Å². The molecule has 1 atom stereocenters. The Morgan fingerprint density at radius 1 is 1.27 bits per heavy atom. The van der Waals surface area contributed by atoms with Crippen LogP contribution in [0.15, 0.2) is 35.9 Å². The van der Waals surface area contributed by atoms with Crippen LogP contribution in [-0.4, -0.2) is 32.4 Å². The summed E-state index contributed by atoms with van der Waals surface area (Å²) in [6, 6.07) is 5.04. The van der Waals surface area contributed by atoms with Crippen molar-refractivity contribution in [1.29, 1.82) is 0 Å². The van der Waals surface area contributed by atoms with Crippen molar-refractivity contribution in [2.24, 2.45) is 0 Å². The quantitative estimate of drug-likeness (QED) is 0.788. The fourth-order valence-electron chi connectivity index (χ4n) is 1.67. The van der Waals surface area contributed by atoms with Gasteiger partial charge in [-0.05, 0) is 44.2 Å². The van der Waals surface area contributed by atoms with Gasteiger partial charge in [0.25, 0.3) is 5.91 Å². The predicted molar refractivity (Wildman–Crippen MR) is 77.8 cm³/mol. The second-order valence-corrected chi connectivity index (χ2v) is 5.24. The molecule has 0 aliphatic heterocycles. The van der Waals surface area contributed by atoms with Crippen molar-refractivity contribution in [2.45, 2.75) is 20.2 Å². The Morgan fingerprint density at radius 2 is 1.86 bits per heavy atom. The van der Waals surface area contributed by atoms with Crippen LogP contribution in [0.2, 0.25) is 0 Å². The number of halogens is 3. The van der Waals surface area contributed by atoms with Gasteiger partial charge < -0.3 is 15.0 Å². The van der Waals surface area contributed by atoms with Gasteiger partial charge in [0.05, 0.1) is 13.6 Å². The van der Waals surface area contributed by atoms with Gasteiger partial charge >= 0.3 is 6.36 Å².